The fraction of sp³-hybridized carbons (Fsp3) is 0.625. The quantitative estimate of drug-likeness (QED) is 0.849. The standard InChI is InChI=1S/C16H24ClN3O2/c1-16(2,3)22-15(21)20-8-4-5-12(18)13(20)9-11-6-7-14(17)19-10-11/h6-7,10,12-13H,4-5,8-9,18H2,1-3H3/t12-,13-/m0/s1. The van der Waals surface area contributed by atoms with Gasteiger partial charge in [-0.3, -0.25) is 0 Å². The monoisotopic (exact) mass is 325 g/mol. The van der Waals surface area contributed by atoms with Crippen LogP contribution in [-0.2, 0) is 11.2 Å². The molecule has 1 fully saturated rings. The molecule has 0 saturated carbocycles. The molecule has 122 valence electrons. The van der Waals surface area contributed by atoms with Crippen LogP contribution < -0.4 is 5.73 Å². The van der Waals surface area contributed by atoms with Crippen LogP contribution in [0.3, 0.4) is 0 Å². The molecule has 5 nitrogen and oxygen atoms in total. The number of carbonyl (C=O) groups excluding carboxylic acids is 1. The van der Waals surface area contributed by atoms with Crippen LogP contribution in [0.15, 0.2) is 18.3 Å². The van der Waals surface area contributed by atoms with Crippen LogP contribution in [0.4, 0.5) is 4.79 Å². The SMILES string of the molecule is CC(C)(C)OC(=O)N1CCC[C@H](N)[C@@H]1Cc1ccc(Cl)nc1. The molecule has 1 aromatic rings. The molecular weight excluding hydrogens is 302 g/mol. The summed E-state index contributed by atoms with van der Waals surface area (Å²) in [5, 5.41) is 0.459. The first-order chi connectivity index (χ1) is 10.3. The van der Waals surface area contributed by atoms with E-state index in [4.69, 9.17) is 22.1 Å². The zero-order valence-corrected chi connectivity index (χ0v) is 14.1. The van der Waals surface area contributed by atoms with E-state index < -0.39 is 5.60 Å². The van der Waals surface area contributed by atoms with Gasteiger partial charge in [0.25, 0.3) is 0 Å². The minimum absolute atomic E-state index is 0.0584. The first-order valence-corrected chi connectivity index (χ1v) is 8.00. The number of hydrogen-bond donors (Lipinski definition) is 1. The van der Waals surface area contributed by atoms with Crippen LogP contribution in [0, 0.1) is 0 Å². The lowest BCUT2D eigenvalue weighted by Crippen LogP contribution is -2.56. The Balaban J connectivity index is 2.12. The molecule has 0 aromatic carbocycles. The van der Waals surface area contributed by atoms with Gasteiger partial charge in [-0.15, -0.1) is 0 Å². The fourth-order valence-corrected chi connectivity index (χ4v) is 2.78. The number of hydrogen-bond acceptors (Lipinski definition) is 4. The van der Waals surface area contributed by atoms with Gasteiger partial charge in [-0.05, 0) is 51.7 Å². The molecule has 0 bridgehead atoms. The summed E-state index contributed by atoms with van der Waals surface area (Å²) < 4.78 is 5.51. The van der Waals surface area contributed by atoms with E-state index in [1.807, 2.05) is 26.8 Å². The van der Waals surface area contributed by atoms with Crippen molar-refractivity contribution in [1.82, 2.24) is 9.88 Å². The molecule has 1 aromatic heterocycles. The van der Waals surface area contributed by atoms with Crippen molar-refractivity contribution < 1.29 is 9.53 Å². The normalized spacial score (nSPS) is 22.5. The van der Waals surface area contributed by atoms with Crippen LogP contribution in [0.1, 0.15) is 39.2 Å². The van der Waals surface area contributed by atoms with E-state index in [1.54, 1.807) is 17.2 Å². The lowest BCUT2D eigenvalue weighted by molar-refractivity contribution is 0.00694. The number of aromatic nitrogens is 1. The first-order valence-electron chi connectivity index (χ1n) is 7.62. The van der Waals surface area contributed by atoms with Gasteiger partial charge in [0, 0.05) is 18.8 Å². The summed E-state index contributed by atoms with van der Waals surface area (Å²) in [7, 11) is 0. The highest BCUT2D eigenvalue weighted by Crippen LogP contribution is 2.23. The third-order valence-corrected chi connectivity index (χ3v) is 3.92. The summed E-state index contributed by atoms with van der Waals surface area (Å²) in [4.78, 5) is 18.3. The topological polar surface area (TPSA) is 68.5 Å². The van der Waals surface area contributed by atoms with Crippen molar-refractivity contribution in [2.45, 2.75) is 57.7 Å². The Morgan fingerprint density at radius 2 is 2.23 bits per heavy atom. The van der Waals surface area contributed by atoms with Crippen LogP contribution in [0.2, 0.25) is 5.15 Å². The number of ether oxygens (including phenoxy) is 1. The van der Waals surface area contributed by atoms with E-state index in [-0.39, 0.29) is 18.2 Å². The van der Waals surface area contributed by atoms with Gasteiger partial charge < -0.3 is 15.4 Å². The number of pyridine rings is 1. The summed E-state index contributed by atoms with van der Waals surface area (Å²) in [6, 6.07) is 3.54. The molecule has 1 amide bonds. The Bertz CT molecular complexity index is 513. The van der Waals surface area contributed by atoms with Crippen LogP contribution in [-0.4, -0.2) is 40.2 Å². The molecule has 2 rings (SSSR count). The largest absolute Gasteiger partial charge is 0.444 e. The average Bonchev–Trinajstić information content (AvgIpc) is 2.41. The van der Waals surface area contributed by atoms with E-state index in [2.05, 4.69) is 4.98 Å². The number of carbonyl (C=O) groups is 1. The van der Waals surface area contributed by atoms with Gasteiger partial charge >= 0.3 is 6.09 Å². The summed E-state index contributed by atoms with van der Waals surface area (Å²) >= 11 is 5.81. The predicted molar refractivity (Wildman–Crippen MR) is 86.9 cm³/mol. The second-order valence-electron chi connectivity index (χ2n) is 6.74. The van der Waals surface area contributed by atoms with Crippen LogP contribution in [0.5, 0.6) is 0 Å². The number of rotatable bonds is 2. The zero-order chi connectivity index (χ0) is 16.3. The van der Waals surface area contributed by atoms with Crippen molar-refractivity contribution in [3.05, 3.63) is 29.0 Å². The number of halogens is 1. The van der Waals surface area contributed by atoms with Gasteiger partial charge in [-0.2, -0.15) is 0 Å². The number of piperidine rings is 1. The molecule has 0 unspecified atom stereocenters. The van der Waals surface area contributed by atoms with Crippen molar-refractivity contribution in [3.63, 3.8) is 0 Å². The summed E-state index contributed by atoms with van der Waals surface area (Å²) in [5.41, 5.74) is 6.76. The van der Waals surface area contributed by atoms with Gasteiger partial charge in [0.1, 0.15) is 10.8 Å². The fourth-order valence-electron chi connectivity index (χ4n) is 2.66. The summed E-state index contributed by atoms with van der Waals surface area (Å²) in [6.45, 7) is 6.28. The maximum Gasteiger partial charge on any atom is 0.410 e. The molecule has 1 saturated heterocycles. The van der Waals surface area contributed by atoms with Crippen molar-refractivity contribution >= 4 is 17.7 Å². The van der Waals surface area contributed by atoms with Crippen molar-refractivity contribution in [2.24, 2.45) is 5.73 Å². The van der Waals surface area contributed by atoms with E-state index in [0.29, 0.717) is 18.1 Å². The van der Waals surface area contributed by atoms with Gasteiger partial charge in [0.15, 0.2) is 0 Å². The van der Waals surface area contributed by atoms with Gasteiger partial charge in [0.05, 0.1) is 6.04 Å². The minimum atomic E-state index is -0.509. The second kappa shape index (κ2) is 6.84. The summed E-state index contributed by atoms with van der Waals surface area (Å²) in [5.74, 6) is 0. The number of likely N-dealkylation sites (tertiary alicyclic amines) is 1. The molecule has 2 atom stereocenters. The molecule has 1 aliphatic heterocycles. The first kappa shape index (κ1) is 17.0. The van der Waals surface area contributed by atoms with Gasteiger partial charge in [-0.1, -0.05) is 17.7 Å². The molecule has 2 heterocycles. The average molecular weight is 326 g/mol. The smallest absolute Gasteiger partial charge is 0.410 e. The Labute approximate surface area is 136 Å². The second-order valence-corrected chi connectivity index (χ2v) is 7.13. The highest BCUT2D eigenvalue weighted by molar-refractivity contribution is 6.29. The maximum absolute atomic E-state index is 12.4. The third-order valence-electron chi connectivity index (χ3n) is 3.69. The molecule has 1 aliphatic rings. The van der Waals surface area contributed by atoms with Gasteiger partial charge in [0.2, 0.25) is 0 Å². The van der Waals surface area contributed by atoms with Crippen molar-refractivity contribution in [3.8, 4) is 0 Å². The lowest BCUT2D eigenvalue weighted by Gasteiger charge is -2.40. The molecule has 0 spiro atoms. The highest BCUT2D eigenvalue weighted by atomic mass is 35.5. The van der Waals surface area contributed by atoms with Crippen LogP contribution >= 0.6 is 11.6 Å². The van der Waals surface area contributed by atoms with Crippen LogP contribution in [0.25, 0.3) is 0 Å². The molecule has 22 heavy (non-hydrogen) atoms. The maximum atomic E-state index is 12.4. The van der Waals surface area contributed by atoms with E-state index in [0.717, 1.165) is 18.4 Å². The predicted octanol–water partition coefficient (Wildman–Crippen LogP) is 3.00. The summed E-state index contributed by atoms with van der Waals surface area (Å²) in [6.07, 6.45) is 3.90. The van der Waals surface area contributed by atoms with Gasteiger partial charge in [-0.25, -0.2) is 9.78 Å². The molecular formula is C16H24ClN3O2. The minimum Gasteiger partial charge on any atom is -0.444 e. The van der Waals surface area contributed by atoms with E-state index in [9.17, 15) is 4.79 Å². The van der Waals surface area contributed by atoms with E-state index in [1.165, 1.54) is 0 Å². The Kier molecular flexibility index (Phi) is 5.29. The number of nitrogens with zero attached hydrogens (tertiary/aromatic N) is 2. The Morgan fingerprint density at radius 3 is 2.82 bits per heavy atom. The third kappa shape index (κ3) is 4.58. The molecule has 0 radical (unpaired) electrons. The van der Waals surface area contributed by atoms with Crippen molar-refractivity contribution in [1.29, 1.82) is 0 Å². The Morgan fingerprint density at radius 1 is 1.50 bits per heavy atom. The molecule has 0 aliphatic carbocycles. The highest BCUT2D eigenvalue weighted by Gasteiger charge is 2.34. The lowest BCUT2D eigenvalue weighted by atomic mass is 9.92. The number of nitrogens with two attached hydrogens (primary N) is 1. The molecule has 6 heteroatoms. The number of amides is 1. The zero-order valence-electron chi connectivity index (χ0n) is 13.4. The Hall–Kier alpha value is -1.33. The van der Waals surface area contributed by atoms with E-state index >= 15 is 0 Å². The molecule has 2 N–H and O–H groups in total. The van der Waals surface area contributed by atoms with Crippen molar-refractivity contribution in [2.75, 3.05) is 6.54 Å².